The minimum atomic E-state index is 0.748. The Morgan fingerprint density at radius 3 is 2.31 bits per heavy atom. The van der Waals surface area contributed by atoms with E-state index in [0.717, 1.165) is 37.2 Å². The molecule has 0 saturated heterocycles. The molecule has 0 aromatic rings. The Morgan fingerprint density at radius 2 is 1.85 bits per heavy atom. The van der Waals surface area contributed by atoms with Gasteiger partial charge in [-0.1, -0.05) is 27.2 Å². The van der Waals surface area contributed by atoms with Crippen molar-refractivity contribution in [2.24, 2.45) is 11.8 Å². The molecule has 13 heavy (non-hydrogen) atoms. The zero-order chi connectivity index (χ0) is 10.1. The first kappa shape index (κ1) is 13.2. The third kappa shape index (κ3) is 8.58. The maximum Gasteiger partial charge on any atom is 0.0226 e. The fourth-order valence-corrected chi connectivity index (χ4v) is 1.80. The molecule has 0 fully saturated rings. The summed E-state index contributed by atoms with van der Waals surface area (Å²) in [5.41, 5.74) is 0. The Morgan fingerprint density at radius 1 is 1.15 bits per heavy atom. The Hall–Kier alpha value is 0.250. The average Bonchev–Trinajstić information content (AvgIpc) is 2.04. The van der Waals surface area contributed by atoms with Crippen LogP contribution >= 0.6 is 11.6 Å². The number of nitrogens with one attached hydrogen (secondary N) is 1. The molecule has 1 nitrogen and oxygen atoms in total. The highest BCUT2D eigenvalue weighted by Gasteiger charge is 2.06. The van der Waals surface area contributed by atoms with Gasteiger partial charge in [-0.3, -0.25) is 0 Å². The zero-order valence-corrected chi connectivity index (χ0v) is 10.0. The molecular formula is C11H24ClN. The highest BCUT2D eigenvalue weighted by molar-refractivity contribution is 6.17. The van der Waals surface area contributed by atoms with Crippen molar-refractivity contribution in [2.45, 2.75) is 40.0 Å². The molecule has 0 rings (SSSR count). The fourth-order valence-electron chi connectivity index (χ4n) is 1.49. The molecular weight excluding hydrogens is 182 g/mol. The van der Waals surface area contributed by atoms with E-state index in [0.29, 0.717) is 0 Å². The summed E-state index contributed by atoms with van der Waals surface area (Å²) in [7, 11) is 0. The molecule has 2 heteroatoms. The van der Waals surface area contributed by atoms with Crippen molar-refractivity contribution in [3.05, 3.63) is 0 Å². The highest BCUT2D eigenvalue weighted by atomic mass is 35.5. The Kier molecular flexibility index (Phi) is 9.00. The van der Waals surface area contributed by atoms with Gasteiger partial charge in [0.25, 0.3) is 0 Å². The van der Waals surface area contributed by atoms with Crippen molar-refractivity contribution in [1.82, 2.24) is 5.32 Å². The van der Waals surface area contributed by atoms with Gasteiger partial charge in [0.05, 0.1) is 0 Å². The SMILES string of the molecule is CCCC(CCCl)CNCC(C)C. The summed E-state index contributed by atoms with van der Waals surface area (Å²) >= 11 is 5.75. The van der Waals surface area contributed by atoms with Crippen molar-refractivity contribution in [3.63, 3.8) is 0 Å². The average molecular weight is 206 g/mol. The van der Waals surface area contributed by atoms with E-state index in [-0.39, 0.29) is 0 Å². The van der Waals surface area contributed by atoms with Crippen LogP contribution < -0.4 is 5.32 Å². The van der Waals surface area contributed by atoms with Crippen molar-refractivity contribution >= 4 is 11.6 Å². The van der Waals surface area contributed by atoms with Crippen LogP contribution in [0.2, 0.25) is 0 Å². The second-order valence-electron chi connectivity index (χ2n) is 4.18. The van der Waals surface area contributed by atoms with Gasteiger partial charge in [0, 0.05) is 5.88 Å². The first-order valence-electron chi connectivity index (χ1n) is 5.47. The fraction of sp³-hybridized carbons (Fsp3) is 1.00. The Bertz CT molecular complexity index is 98.3. The monoisotopic (exact) mass is 205 g/mol. The van der Waals surface area contributed by atoms with Crippen LogP contribution in [0.25, 0.3) is 0 Å². The molecule has 0 aromatic heterocycles. The van der Waals surface area contributed by atoms with Gasteiger partial charge in [0.1, 0.15) is 0 Å². The van der Waals surface area contributed by atoms with E-state index in [1.807, 2.05) is 0 Å². The van der Waals surface area contributed by atoms with Crippen molar-refractivity contribution in [3.8, 4) is 0 Å². The number of hydrogen-bond donors (Lipinski definition) is 1. The molecule has 1 unspecified atom stereocenters. The molecule has 0 heterocycles. The van der Waals surface area contributed by atoms with Gasteiger partial charge in [-0.2, -0.15) is 0 Å². The van der Waals surface area contributed by atoms with Crippen LogP contribution in [0.3, 0.4) is 0 Å². The van der Waals surface area contributed by atoms with Crippen LogP contribution in [0.4, 0.5) is 0 Å². The van der Waals surface area contributed by atoms with Gasteiger partial charge < -0.3 is 5.32 Å². The lowest BCUT2D eigenvalue weighted by Crippen LogP contribution is -2.26. The van der Waals surface area contributed by atoms with Gasteiger partial charge in [-0.25, -0.2) is 0 Å². The zero-order valence-electron chi connectivity index (χ0n) is 9.28. The summed E-state index contributed by atoms with van der Waals surface area (Å²) in [5.74, 6) is 2.33. The van der Waals surface area contributed by atoms with Crippen LogP contribution in [0.15, 0.2) is 0 Å². The smallest absolute Gasteiger partial charge is 0.0226 e. The largest absolute Gasteiger partial charge is 0.316 e. The summed E-state index contributed by atoms with van der Waals surface area (Å²) in [4.78, 5) is 0. The quantitative estimate of drug-likeness (QED) is 0.600. The summed E-state index contributed by atoms with van der Waals surface area (Å²) in [6.45, 7) is 8.98. The highest BCUT2D eigenvalue weighted by Crippen LogP contribution is 2.10. The summed E-state index contributed by atoms with van der Waals surface area (Å²) < 4.78 is 0. The number of hydrogen-bond acceptors (Lipinski definition) is 1. The van der Waals surface area contributed by atoms with E-state index in [1.165, 1.54) is 12.8 Å². The first-order valence-corrected chi connectivity index (χ1v) is 6.00. The van der Waals surface area contributed by atoms with Crippen LogP contribution in [0.1, 0.15) is 40.0 Å². The minimum Gasteiger partial charge on any atom is -0.316 e. The van der Waals surface area contributed by atoms with Gasteiger partial charge in [-0.15, -0.1) is 11.6 Å². The lowest BCUT2D eigenvalue weighted by molar-refractivity contribution is 0.415. The molecule has 80 valence electrons. The maximum absolute atomic E-state index is 5.75. The van der Waals surface area contributed by atoms with Gasteiger partial charge in [0.15, 0.2) is 0 Å². The van der Waals surface area contributed by atoms with Gasteiger partial charge in [0.2, 0.25) is 0 Å². The number of rotatable bonds is 8. The van der Waals surface area contributed by atoms with Gasteiger partial charge >= 0.3 is 0 Å². The van der Waals surface area contributed by atoms with Crippen LogP contribution in [-0.4, -0.2) is 19.0 Å². The van der Waals surface area contributed by atoms with Crippen molar-refractivity contribution < 1.29 is 0 Å². The number of halogens is 1. The molecule has 0 bridgehead atoms. The molecule has 0 aromatic carbocycles. The second-order valence-corrected chi connectivity index (χ2v) is 4.56. The standard InChI is InChI=1S/C11H24ClN/c1-4-5-11(6-7-12)9-13-8-10(2)3/h10-11,13H,4-9H2,1-3H3. The number of alkyl halides is 1. The van der Waals surface area contributed by atoms with Gasteiger partial charge in [-0.05, 0) is 37.8 Å². The van der Waals surface area contributed by atoms with E-state index < -0.39 is 0 Å². The third-order valence-corrected chi connectivity index (χ3v) is 2.42. The normalized spacial score (nSPS) is 13.6. The maximum atomic E-state index is 5.75. The molecule has 1 atom stereocenters. The molecule has 1 N–H and O–H groups in total. The van der Waals surface area contributed by atoms with Crippen molar-refractivity contribution in [1.29, 1.82) is 0 Å². The summed E-state index contributed by atoms with van der Waals surface area (Å²) in [5, 5.41) is 3.50. The summed E-state index contributed by atoms with van der Waals surface area (Å²) in [6.07, 6.45) is 3.73. The van der Waals surface area contributed by atoms with Crippen LogP contribution in [-0.2, 0) is 0 Å². The second kappa shape index (κ2) is 8.83. The molecule has 0 radical (unpaired) electrons. The lowest BCUT2D eigenvalue weighted by Gasteiger charge is -2.16. The lowest BCUT2D eigenvalue weighted by atomic mass is 10.0. The molecule has 0 spiro atoms. The minimum absolute atomic E-state index is 0.748. The van der Waals surface area contributed by atoms with E-state index in [2.05, 4.69) is 26.1 Å². The molecule has 0 aliphatic heterocycles. The Balaban J connectivity index is 3.44. The predicted molar refractivity (Wildman–Crippen MR) is 61.4 cm³/mol. The van der Waals surface area contributed by atoms with Crippen molar-refractivity contribution in [2.75, 3.05) is 19.0 Å². The Labute approximate surface area is 88.2 Å². The summed E-state index contributed by atoms with van der Waals surface area (Å²) in [6, 6.07) is 0. The van der Waals surface area contributed by atoms with E-state index >= 15 is 0 Å². The molecule has 0 saturated carbocycles. The van der Waals surface area contributed by atoms with E-state index in [1.54, 1.807) is 0 Å². The topological polar surface area (TPSA) is 12.0 Å². The van der Waals surface area contributed by atoms with E-state index in [9.17, 15) is 0 Å². The van der Waals surface area contributed by atoms with E-state index in [4.69, 9.17) is 11.6 Å². The molecule has 0 aliphatic carbocycles. The van der Waals surface area contributed by atoms with Crippen LogP contribution in [0.5, 0.6) is 0 Å². The first-order chi connectivity index (χ1) is 6.20. The van der Waals surface area contributed by atoms with Crippen LogP contribution in [0, 0.1) is 11.8 Å². The molecule has 0 amide bonds. The predicted octanol–water partition coefficient (Wildman–Crippen LogP) is 3.28. The molecule has 0 aliphatic rings. The third-order valence-electron chi connectivity index (χ3n) is 2.20.